The molecule has 0 aliphatic carbocycles. The zero-order valence-electron chi connectivity index (χ0n) is 14.4. The molecule has 0 bridgehead atoms. The van der Waals surface area contributed by atoms with Gasteiger partial charge in [0.05, 0.1) is 0 Å². The lowest BCUT2D eigenvalue weighted by Gasteiger charge is -2.24. The molecule has 0 rings (SSSR count). The highest BCUT2D eigenvalue weighted by atomic mass is 28.4. The van der Waals surface area contributed by atoms with Gasteiger partial charge in [-0.2, -0.15) is 0 Å². The summed E-state index contributed by atoms with van der Waals surface area (Å²) >= 11 is 0. The Morgan fingerprint density at radius 2 is 0.667 bits per heavy atom. The summed E-state index contributed by atoms with van der Waals surface area (Å²) in [5.41, 5.74) is 0. The molecule has 0 aromatic heterocycles. The zero-order valence-corrected chi connectivity index (χ0v) is 16.4. The largest absolute Gasteiger partial charge is 0.500 e. The van der Waals surface area contributed by atoms with Crippen molar-refractivity contribution in [3.63, 3.8) is 0 Å². The van der Waals surface area contributed by atoms with Crippen molar-refractivity contribution in [1.29, 1.82) is 0 Å². The minimum atomic E-state index is -2.39. The maximum Gasteiger partial charge on any atom is 0.500 e. The fraction of sp³-hybridized carbons (Fsp3) is 1.00. The van der Waals surface area contributed by atoms with Gasteiger partial charge in [-0.1, -0.05) is 19.3 Å². The van der Waals surface area contributed by atoms with Crippen molar-refractivity contribution in [3.05, 3.63) is 0 Å². The van der Waals surface area contributed by atoms with Crippen molar-refractivity contribution < 1.29 is 26.6 Å². The van der Waals surface area contributed by atoms with E-state index in [9.17, 15) is 0 Å². The summed E-state index contributed by atoms with van der Waals surface area (Å²) in [5, 5.41) is 0. The van der Waals surface area contributed by atoms with Crippen LogP contribution in [-0.4, -0.2) is 60.3 Å². The maximum absolute atomic E-state index is 5.40. The molecule has 0 saturated carbocycles. The van der Waals surface area contributed by atoms with Gasteiger partial charge in [-0.25, -0.2) is 0 Å². The standard InChI is InChI=1S/C13H32O6Si2/c1-14-20(15-2,16-3)12-10-8-7-9-11-13-21(17-4,18-5)19-6/h7-13H2,1-6H3. The van der Waals surface area contributed by atoms with E-state index in [-0.39, 0.29) is 0 Å². The van der Waals surface area contributed by atoms with E-state index < -0.39 is 17.6 Å². The van der Waals surface area contributed by atoms with Crippen LogP contribution >= 0.6 is 0 Å². The molecule has 0 spiro atoms. The summed E-state index contributed by atoms with van der Waals surface area (Å²) in [6.07, 6.45) is 5.58. The van der Waals surface area contributed by atoms with Crippen molar-refractivity contribution in [2.24, 2.45) is 0 Å². The van der Waals surface area contributed by atoms with Gasteiger partial charge >= 0.3 is 17.6 Å². The molecule has 0 fully saturated rings. The van der Waals surface area contributed by atoms with Crippen LogP contribution in [0.4, 0.5) is 0 Å². The highest BCUT2D eigenvalue weighted by Crippen LogP contribution is 2.20. The van der Waals surface area contributed by atoms with Crippen LogP contribution in [0.5, 0.6) is 0 Å². The second kappa shape index (κ2) is 11.7. The van der Waals surface area contributed by atoms with Gasteiger partial charge in [0, 0.05) is 54.7 Å². The first-order valence-corrected chi connectivity index (χ1v) is 11.2. The van der Waals surface area contributed by atoms with E-state index in [2.05, 4.69) is 0 Å². The Labute approximate surface area is 131 Å². The van der Waals surface area contributed by atoms with E-state index in [1.807, 2.05) is 0 Å². The molecule has 0 N–H and O–H groups in total. The van der Waals surface area contributed by atoms with Crippen molar-refractivity contribution in [2.75, 3.05) is 42.7 Å². The van der Waals surface area contributed by atoms with Gasteiger partial charge in [0.2, 0.25) is 0 Å². The van der Waals surface area contributed by atoms with Crippen molar-refractivity contribution in [1.82, 2.24) is 0 Å². The maximum atomic E-state index is 5.40. The Kier molecular flexibility index (Phi) is 11.8. The molecule has 0 aliphatic rings. The molecule has 8 heteroatoms. The Bertz CT molecular complexity index is 206. The molecule has 0 radical (unpaired) electrons. The Morgan fingerprint density at radius 1 is 0.429 bits per heavy atom. The van der Waals surface area contributed by atoms with Crippen molar-refractivity contribution >= 4 is 17.6 Å². The molecule has 6 nitrogen and oxygen atoms in total. The zero-order chi connectivity index (χ0) is 16.2. The molecule has 21 heavy (non-hydrogen) atoms. The molecular weight excluding hydrogens is 308 g/mol. The topological polar surface area (TPSA) is 55.4 Å². The van der Waals surface area contributed by atoms with E-state index in [0.29, 0.717) is 0 Å². The average Bonchev–Trinajstić information content (AvgIpc) is 2.55. The Morgan fingerprint density at radius 3 is 0.905 bits per heavy atom. The number of unbranched alkanes of at least 4 members (excludes halogenated alkanes) is 4. The van der Waals surface area contributed by atoms with Crippen LogP contribution in [0.1, 0.15) is 32.1 Å². The summed E-state index contributed by atoms with van der Waals surface area (Å²) in [6.45, 7) is 0. The molecule has 0 saturated heterocycles. The van der Waals surface area contributed by atoms with Crippen molar-refractivity contribution in [2.45, 2.75) is 44.2 Å². The summed E-state index contributed by atoms with van der Waals surface area (Å²) < 4.78 is 32.4. The first-order chi connectivity index (χ1) is 10.1. The van der Waals surface area contributed by atoms with E-state index in [1.54, 1.807) is 42.7 Å². The highest BCUT2D eigenvalue weighted by Gasteiger charge is 2.37. The van der Waals surface area contributed by atoms with E-state index in [1.165, 1.54) is 6.42 Å². The lowest BCUT2D eigenvalue weighted by Crippen LogP contribution is -2.42. The van der Waals surface area contributed by atoms with Gasteiger partial charge in [0.25, 0.3) is 0 Å². The third-order valence-electron chi connectivity index (χ3n) is 3.83. The lowest BCUT2D eigenvalue weighted by atomic mass is 10.2. The summed E-state index contributed by atoms with van der Waals surface area (Å²) in [4.78, 5) is 0. The first kappa shape index (κ1) is 21.2. The van der Waals surface area contributed by atoms with Gasteiger partial charge in [-0.3, -0.25) is 0 Å². The van der Waals surface area contributed by atoms with Crippen LogP contribution in [0.3, 0.4) is 0 Å². The van der Waals surface area contributed by atoms with Gasteiger partial charge in [-0.15, -0.1) is 0 Å². The smallest absolute Gasteiger partial charge is 0.377 e. The highest BCUT2D eigenvalue weighted by molar-refractivity contribution is 6.60. The number of hydrogen-bond acceptors (Lipinski definition) is 6. The van der Waals surface area contributed by atoms with Crippen LogP contribution in [0.2, 0.25) is 12.1 Å². The second-order valence-electron chi connectivity index (χ2n) is 4.86. The summed E-state index contributed by atoms with van der Waals surface area (Å²) in [6, 6.07) is 1.73. The monoisotopic (exact) mass is 340 g/mol. The Balaban J connectivity index is 3.78. The van der Waals surface area contributed by atoms with Crippen LogP contribution < -0.4 is 0 Å². The molecule has 0 aromatic carbocycles. The predicted octanol–water partition coefficient (Wildman–Crippen LogP) is 2.69. The molecule has 0 unspecified atom stereocenters. The molecule has 0 atom stereocenters. The average molecular weight is 341 g/mol. The van der Waals surface area contributed by atoms with Crippen LogP contribution in [0, 0.1) is 0 Å². The SMILES string of the molecule is CO[Si](CCCCCCC[Si](OC)(OC)OC)(OC)OC. The van der Waals surface area contributed by atoms with Gasteiger partial charge in [-0.05, 0) is 12.8 Å². The first-order valence-electron chi connectivity index (χ1n) is 7.38. The third-order valence-corrected chi connectivity index (χ3v) is 9.50. The molecule has 0 amide bonds. The molecule has 128 valence electrons. The van der Waals surface area contributed by atoms with Crippen molar-refractivity contribution in [3.8, 4) is 0 Å². The summed E-state index contributed by atoms with van der Waals surface area (Å²) in [7, 11) is 5.17. The van der Waals surface area contributed by atoms with E-state index in [0.717, 1.165) is 37.8 Å². The fourth-order valence-corrected chi connectivity index (χ4v) is 5.92. The Hall–Kier alpha value is 0.194. The van der Waals surface area contributed by atoms with Crippen LogP contribution in [-0.2, 0) is 26.6 Å². The molecular formula is C13H32O6Si2. The lowest BCUT2D eigenvalue weighted by molar-refractivity contribution is 0.122. The minimum absolute atomic E-state index is 0.864. The van der Waals surface area contributed by atoms with Gasteiger partial charge in [0.15, 0.2) is 0 Å². The summed E-state index contributed by atoms with van der Waals surface area (Å²) in [5.74, 6) is 0. The minimum Gasteiger partial charge on any atom is -0.377 e. The normalized spacial score (nSPS) is 12.9. The van der Waals surface area contributed by atoms with Crippen LogP contribution in [0.25, 0.3) is 0 Å². The molecule has 0 heterocycles. The molecule has 0 aromatic rings. The van der Waals surface area contributed by atoms with Gasteiger partial charge < -0.3 is 26.6 Å². The van der Waals surface area contributed by atoms with E-state index >= 15 is 0 Å². The quantitative estimate of drug-likeness (QED) is 0.358. The fourth-order valence-electron chi connectivity index (χ4n) is 2.33. The van der Waals surface area contributed by atoms with Gasteiger partial charge in [0.1, 0.15) is 0 Å². The second-order valence-corrected chi connectivity index (χ2v) is 11.0. The number of rotatable bonds is 14. The predicted molar refractivity (Wildman–Crippen MR) is 86.3 cm³/mol. The molecule has 0 aliphatic heterocycles. The van der Waals surface area contributed by atoms with E-state index in [4.69, 9.17) is 26.6 Å². The number of hydrogen-bond donors (Lipinski definition) is 0. The third kappa shape index (κ3) is 7.33. The van der Waals surface area contributed by atoms with Crippen LogP contribution in [0.15, 0.2) is 0 Å².